The molecule has 4 heteroatoms. The summed E-state index contributed by atoms with van der Waals surface area (Å²) in [5.74, 6) is 0.0665. The highest BCUT2D eigenvalue weighted by molar-refractivity contribution is 7.17. The molecule has 4 rings (SSSR count). The summed E-state index contributed by atoms with van der Waals surface area (Å²) in [4.78, 5) is 20.7. The Labute approximate surface area is 152 Å². The minimum absolute atomic E-state index is 0.0665. The lowest BCUT2D eigenvalue weighted by molar-refractivity contribution is 0.0978. The largest absolute Gasteiger partial charge is 0.305 e. The van der Waals surface area contributed by atoms with Gasteiger partial charge >= 0.3 is 0 Å². The Bertz CT molecular complexity index is 917. The van der Waals surface area contributed by atoms with E-state index in [-0.39, 0.29) is 11.9 Å². The Balaban J connectivity index is 1.74. The Morgan fingerprint density at radius 3 is 2.64 bits per heavy atom. The van der Waals surface area contributed by atoms with Crippen LogP contribution >= 0.6 is 11.3 Å². The van der Waals surface area contributed by atoms with E-state index in [2.05, 4.69) is 24.0 Å². The van der Waals surface area contributed by atoms with Crippen molar-refractivity contribution >= 4 is 22.9 Å². The number of nitrogens with zero attached hydrogens (tertiary/aromatic N) is 2. The average Bonchev–Trinajstić information content (AvgIpc) is 3.04. The molecule has 1 aromatic heterocycles. The number of aromatic nitrogens is 1. The van der Waals surface area contributed by atoms with Gasteiger partial charge in [0.15, 0.2) is 0 Å². The number of amides is 1. The van der Waals surface area contributed by atoms with Gasteiger partial charge in [-0.05, 0) is 38.3 Å². The van der Waals surface area contributed by atoms with Crippen LogP contribution in [0.5, 0.6) is 0 Å². The van der Waals surface area contributed by atoms with E-state index in [4.69, 9.17) is 0 Å². The van der Waals surface area contributed by atoms with Crippen LogP contribution in [0.4, 0.5) is 5.69 Å². The maximum atomic E-state index is 13.3. The number of anilines is 1. The van der Waals surface area contributed by atoms with E-state index in [1.165, 1.54) is 16.9 Å². The molecule has 25 heavy (non-hydrogen) atoms. The number of fused-ring (bicyclic) bond motifs is 1. The van der Waals surface area contributed by atoms with E-state index in [1.807, 2.05) is 54.3 Å². The van der Waals surface area contributed by atoms with Crippen molar-refractivity contribution in [2.45, 2.75) is 32.7 Å². The van der Waals surface area contributed by atoms with E-state index in [0.29, 0.717) is 0 Å². The fourth-order valence-corrected chi connectivity index (χ4v) is 4.42. The average molecular weight is 348 g/mol. The van der Waals surface area contributed by atoms with Crippen LogP contribution in [0.1, 0.15) is 34.3 Å². The van der Waals surface area contributed by atoms with E-state index < -0.39 is 0 Å². The first kappa shape index (κ1) is 16.0. The number of carbonyl (C=O) groups is 1. The highest BCUT2D eigenvalue weighted by Crippen LogP contribution is 2.35. The normalized spacial score (nSPS) is 16.6. The van der Waals surface area contributed by atoms with Gasteiger partial charge in [0.1, 0.15) is 9.88 Å². The fraction of sp³-hybridized carbons (Fsp3) is 0.238. The highest BCUT2D eigenvalue weighted by Gasteiger charge is 2.31. The summed E-state index contributed by atoms with van der Waals surface area (Å²) < 4.78 is 0. The van der Waals surface area contributed by atoms with Crippen molar-refractivity contribution < 1.29 is 4.79 Å². The maximum absolute atomic E-state index is 13.3. The monoisotopic (exact) mass is 348 g/mol. The first-order valence-corrected chi connectivity index (χ1v) is 9.41. The van der Waals surface area contributed by atoms with Gasteiger partial charge in [-0.1, -0.05) is 48.5 Å². The third-order valence-corrected chi connectivity index (χ3v) is 5.95. The van der Waals surface area contributed by atoms with Crippen molar-refractivity contribution in [2.75, 3.05) is 4.90 Å². The van der Waals surface area contributed by atoms with Crippen LogP contribution in [0, 0.1) is 6.92 Å². The summed E-state index contributed by atoms with van der Waals surface area (Å²) in [7, 11) is 0. The number of rotatable bonds is 2. The Morgan fingerprint density at radius 1 is 1.12 bits per heavy atom. The molecule has 0 radical (unpaired) electrons. The third kappa shape index (κ3) is 2.87. The Hall–Kier alpha value is -2.46. The van der Waals surface area contributed by atoms with Crippen LogP contribution in [0.3, 0.4) is 0 Å². The van der Waals surface area contributed by atoms with Gasteiger partial charge in [0.05, 0.1) is 5.69 Å². The van der Waals surface area contributed by atoms with Crippen LogP contribution in [-0.2, 0) is 6.42 Å². The van der Waals surface area contributed by atoms with Gasteiger partial charge in [-0.2, -0.15) is 0 Å². The SMILES string of the molecule is Cc1nc(-c2ccccc2)sc1C(=O)N1c2ccccc2CCC1C. The zero-order valence-corrected chi connectivity index (χ0v) is 15.2. The number of aryl methyl sites for hydroxylation is 2. The molecule has 0 N–H and O–H groups in total. The number of thiazole rings is 1. The first-order chi connectivity index (χ1) is 12.1. The molecule has 0 aliphatic carbocycles. The third-order valence-electron chi connectivity index (χ3n) is 4.75. The van der Waals surface area contributed by atoms with E-state index in [9.17, 15) is 4.79 Å². The lowest BCUT2D eigenvalue weighted by Gasteiger charge is -2.35. The fourth-order valence-electron chi connectivity index (χ4n) is 3.41. The van der Waals surface area contributed by atoms with Crippen LogP contribution in [-0.4, -0.2) is 16.9 Å². The molecular weight excluding hydrogens is 328 g/mol. The molecule has 1 amide bonds. The van der Waals surface area contributed by atoms with Gasteiger partial charge in [0.25, 0.3) is 5.91 Å². The molecule has 0 bridgehead atoms. The standard InChI is InChI=1S/C21H20N2OS/c1-14-12-13-16-8-6-7-11-18(16)23(14)21(24)19-15(2)22-20(25-19)17-9-4-3-5-10-17/h3-11,14H,12-13H2,1-2H3. The van der Waals surface area contributed by atoms with E-state index >= 15 is 0 Å². The van der Waals surface area contributed by atoms with Crippen molar-refractivity contribution in [3.05, 3.63) is 70.7 Å². The zero-order valence-electron chi connectivity index (χ0n) is 14.4. The van der Waals surface area contributed by atoms with Crippen LogP contribution < -0.4 is 4.90 Å². The van der Waals surface area contributed by atoms with Gasteiger partial charge in [0, 0.05) is 17.3 Å². The molecule has 2 aromatic carbocycles. The number of para-hydroxylation sites is 1. The molecule has 126 valence electrons. The van der Waals surface area contributed by atoms with Crippen molar-refractivity contribution in [1.82, 2.24) is 4.98 Å². The van der Waals surface area contributed by atoms with Crippen molar-refractivity contribution in [3.63, 3.8) is 0 Å². The second kappa shape index (κ2) is 6.45. The van der Waals surface area contributed by atoms with Gasteiger partial charge in [-0.3, -0.25) is 4.79 Å². The predicted molar refractivity (Wildman–Crippen MR) is 103 cm³/mol. The zero-order chi connectivity index (χ0) is 17.4. The maximum Gasteiger partial charge on any atom is 0.270 e. The summed E-state index contributed by atoms with van der Waals surface area (Å²) in [6.45, 7) is 4.05. The molecule has 1 aliphatic rings. The summed E-state index contributed by atoms with van der Waals surface area (Å²) in [5, 5.41) is 0.902. The van der Waals surface area contributed by atoms with E-state index in [1.54, 1.807) is 0 Å². The van der Waals surface area contributed by atoms with Crippen molar-refractivity contribution in [1.29, 1.82) is 0 Å². The summed E-state index contributed by atoms with van der Waals surface area (Å²) in [6, 6.07) is 18.5. The number of hydrogen-bond donors (Lipinski definition) is 0. The topological polar surface area (TPSA) is 33.2 Å². The summed E-state index contributed by atoms with van der Waals surface area (Å²) >= 11 is 1.49. The molecule has 2 heterocycles. The highest BCUT2D eigenvalue weighted by atomic mass is 32.1. The molecule has 0 spiro atoms. The minimum atomic E-state index is 0.0665. The molecule has 3 nitrogen and oxygen atoms in total. The summed E-state index contributed by atoms with van der Waals surface area (Å²) in [5.41, 5.74) is 4.16. The molecule has 1 aliphatic heterocycles. The lowest BCUT2D eigenvalue weighted by Crippen LogP contribution is -2.42. The number of carbonyl (C=O) groups excluding carboxylic acids is 1. The van der Waals surface area contributed by atoms with Crippen molar-refractivity contribution in [3.8, 4) is 10.6 Å². The smallest absolute Gasteiger partial charge is 0.270 e. The minimum Gasteiger partial charge on any atom is -0.305 e. The Morgan fingerprint density at radius 2 is 1.84 bits per heavy atom. The van der Waals surface area contributed by atoms with Gasteiger partial charge in [0.2, 0.25) is 0 Å². The van der Waals surface area contributed by atoms with Gasteiger partial charge in [-0.15, -0.1) is 11.3 Å². The molecule has 1 atom stereocenters. The molecule has 0 saturated heterocycles. The second-order valence-electron chi connectivity index (χ2n) is 6.49. The van der Waals surface area contributed by atoms with Crippen molar-refractivity contribution in [2.24, 2.45) is 0 Å². The second-order valence-corrected chi connectivity index (χ2v) is 7.49. The van der Waals surface area contributed by atoms with Crippen LogP contribution in [0.15, 0.2) is 54.6 Å². The van der Waals surface area contributed by atoms with Crippen LogP contribution in [0.25, 0.3) is 10.6 Å². The van der Waals surface area contributed by atoms with Gasteiger partial charge < -0.3 is 4.90 Å². The quantitative estimate of drug-likeness (QED) is 0.645. The molecular formula is C21H20N2OS. The number of hydrogen-bond acceptors (Lipinski definition) is 3. The van der Waals surface area contributed by atoms with Crippen LogP contribution in [0.2, 0.25) is 0 Å². The lowest BCUT2D eigenvalue weighted by atomic mass is 9.96. The Kier molecular flexibility index (Phi) is 4.14. The molecule has 3 aromatic rings. The van der Waals surface area contributed by atoms with Gasteiger partial charge in [-0.25, -0.2) is 4.98 Å². The predicted octanol–water partition coefficient (Wildman–Crippen LogP) is 5.10. The summed E-state index contributed by atoms with van der Waals surface area (Å²) in [6.07, 6.45) is 2.02. The molecule has 0 fully saturated rings. The van der Waals surface area contributed by atoms with E-state index in [0.717, 1.165) is 39.7 Å². The number of benzene rings is 2. The first-order valence-electron chi connectivity index (χ1n) is 8.59. The molecule has 1 unspecified atom stereocenters. The molecule has 0 saturated carbocycles.